The van der Waals surface area contributed by atoms with Crippen LogP contribution in [0.15, 0.2) is 0 Å². The molecule has 3 unspecified atom stereocenters. The molecular formula is C19H32O2. The molecule has 0 spiro atoms. The van der Waals surface area contributed by atoms with Crippen molar-refractivity contribution in [3.8, 4) is 0 Å². The van der Waals surface area contributed by atoms with Gasteiger partial charge in [-0.15, -0.1) is 0 Å². The first-order valence-electron chi connectivity index (χ1n) is 9.15. The second-order valence-corrected chi connectivity index (χ2v) is 9.85. The number of aliphatic hydroxyl groups is 1. The topological polar surface area (TPSA) is 29.5 Å². The van der Waals surface area contributed by atoms with Gasteiger partial charge in [-0.3, -0.25) is 0 Å². The van der Waals surface area contributed by atoms with E-state index in [2.05, 4.69) is 13.8 Å². The van der Waals surface area contributed by atoms with Gasteiger partial charge in [-0.25, -0.2) is 0 Å². The molecule has 0 aromatic rings. The molecule has 3 atom stereocenters. The lowest BCUT2D eigenvalue weighted by Crippen LogP contribution is -2.56. The molecule has 1 aliphatic heterocycles. The van der Waals surface area contributed by atoms with E-state index in [1.807, 2.05) is 0 Å². The predicted molar refractivity (Wildman–Crippen MR) is 84.0 cm³/mol. The largest absolute Gasteiger partial charge is 0.393 e. The van der Waals surface area contributed by atoms with Crippen molar-refractivity contribution >= 4 is 0 Å². The van der Waals surface area contributed by atoms with Crippen LogP contribution in [0.4, 0.5) is 0 Å². The summed E-state index contributed by atoms with van der Waals surface area (Å²) in [6.45, 7) is 6.77. The van der Waals surface area contributed by atoms with Crippen LogP contribution in [-0.4, -0.2) is 24.4 Å². The van der Waals surface area contributed by atoms with Gasteiger partial charge in [0, 0.05) is 13.2 Å². The molecule has 1 saturated heterocycles. The molecule has 1 heterocycles. The van der Waals surface area contributed by atoms with Gasteiger partial charge < -0.3 is 9.84 Å². The maximum Gasteiger partial charge on any atom is 0.0575 e. The van der Waals surface area contributed by atoms with Crippen molar-refractivity contribution in [2.75, 3.05) is 13.2 Å². The number of hydrogen-bond acceptors (Lipinski definition) is 2. The Bertz CT molecular complexity index is 394. The highest BCUT2D eigenvalue weighted by Gasteiger charge is 2.60. The molecular weight excluding hydrogens is 260 g/mol. The lowest BCUT2D eigenvalue weighted by atomic mass is 9.39. The molecule has 120 valence electrons. The van der Waals surface area contributed by atoms with Crippen LogP contribution in [0.2, 0.25) is 0 Å². The van der Waals surface area contributed by atoms with Crippen molar-refractivity contribution in [2.24, 2.45) is 28.1 Å². The van der Waals surface area contributed by atoms with Crippen molar-refractivity contribution in [3.05, 3.63) is 0 Å². The molecule has 1 N–H and O–H groups in total. The summed E-state index contributed by atoms with van der Waals surface area (Å²) in [7, 11) is 0. The second kappa shape index (κ2) is 4.71. The van der Waals surface area contributed by atoms with E-state index < -0.39 is 0 Å². The van der Waals surface area contributed by atoms with E-state index in [4.69, 9.17) is 4.74 Å². The molecule has 4 aliphatic carbocycles. The van der Waals surface area contributed by atoms with E-state index in [1.165, 1.54) is 38.5 Å². The van der Waals surface area contributed by atoms with Gasteiger partial charge in [-0.1, -0.05) is 13.8 Å². The third-order valence-corrected chi connectivity index (χ3v) is 7.19. The number of hydrogen-bond donors (Lipinski definition) is 1. The van der Waals surface area contributed by atoms with Gasteiger partial charge in [-0.05, 0) is 85.9 Å². The Balaban J connectivity index is 1.51. The summed E-state index contributed by atoms with van der Waals surface area (Å²) < 4.78 is 5.46. The summed E-state index contributed by atoms with van der Waals surface area (Å²) in [6.07, 6.45) is 11.6. The first-order valence-corrected chi connectivity index (χ1v) is 9.15. The number of aliphatic hydroxyl groups excluding tert-OH is 1. The minimum absolute atomic E-state index is 0.0858. The fraction of sp³-hybridized carbons (Fsp3) is 1.00. The summed E-state index contributed by atoms with van der Waals surface area (Å²) in [5.41, 5.74) is 1.60. The lowest BCUT2D eigenvalue weighted by Gasteiger charge is -2.66. The zero-order chi connectivity index (χ0) is 14.7. The number of ether oxygens (including phenoxy) is 1. The highest BCUT2D eigenvalue weighted by molar-refractivity contribution is 5.10. The summed E-state index contributed by atoms with van der Waals surface area (Å²) in [6, 6.07) is 0. The SMILES string of the molecule is CC12CC3CC(C)(C1)CC(CC(O)C1CCOCC1)(C3)C2. The van der Waals surface area contributed by atoms with Gasteiger partial charge in [0.2, 0.25) is 0 Å². The first kappa shape index (κ1) is 14.5. The molecule has 0 aromatic heterocycles. The zero-order valence-electron chi connectivity index (χ0n) is 13.9. The highest BCUT2D eigenvalue weighted by Crippen LogP contribution is 2.70. The fourth-order valence-corrected chi connectivity index (χ4v) is 7.62. The van der Waals surface area contributed by atoms with E-state index in [-0.39, 0.29) is 6.10 Å². The van der Waals surface area contributed by atoms with E-state index in [9.17, 15) is 5.11 Å². The fourth-order valence-electron chi connectivity index (χ4n) is 7.62. The summed E-state index contributed by atoms with van der Waals surface area (Å²) in [4.78, 5) is 0. The van der Waals surface area contributed by atoms with Crippen molar-refractivity contribution in [1.29, 1.82) is 0 Å². The molecule has 2 nitrogen and oxygen atoms in total. The second-order valence-electron chi connectivity index (χ2n) is 9.85. The number of rotatable bonds is 3. The minimum atomic E-state index is -0.0858. The van der Waals surface area contributed by atoms with Gasteiger partial charge in [-0.2, -0.15) is 0 Å². The van der Waals surface area contributed by atoms with Crippen molar-refractivity contribution in [3.63, 3.8) is 0 Å². The van der Waals surface area contributed by atoms with Crippen LogP contribution >= 0.6 is 0 Å². The Kier molecular flexibility index (Phi) is 3.25. The minimum Gasteiger partial charge on any atom is -0.393 e. The quantitative estimate of drug-likeness (QED) is 0.846. The van der Waals surface area contributed by atoms with Crippen LogP contribution in [0.3, 0.4) is 0 Å². The zero-order valence-corrected chi connectivity index (χ0v) is 13.9. The van der Waals surface area contributed by atoms with Gasteiger partial charge in [0.1, 0.15) is 0 Å². The average Bonchev–Trinajstić information content (AvgIpc) is 2.34. The molecule has 5 fully saturated rings. The summed E-state index contributed by atoms with van der Waals surface area (Å²) >= 11 is 0. The maximum absolute atomic E-state index is 10.8. The Morgan fingerprint density at radius 1 is 1.00 bits per heavy atom. The molecule has 0 aromatic carbocycles. The van der Waals surface area contributed by atoms with E-state index in [1.54, 1.807) is 0 Å². The van der Waals surface area contributed by atoms with Gasteiger partial charge in [0.05, 0.1) is 6.10 Å². The molecule has 21 heavy (non-hydrogen) atoms. The van der Waals surface area contributed by atoms with Gasteiger partial charge in [0.25, 0.3) is 0 Å². The van der Waals surface area contributed by atoms with Crippen LogP contribution in [0.5, 0.6) is 0 Å². The smallest absolute Gasteiger partial charge is 0.0575 e. The highest BCUT2D eigenvalue weighted by atomic mass is 16.5. The molecule has 5 rings (SSSR count). The van der Waals surface area contributed by atoms with Crippen LogP contribution in [-0.2, 0) is 4.74 Å². The Hall–Kier alpha value is -0.0800. The molecule has 0 radical (unpaired) electrons. The average molecular weight is 292 g/mol. The standard InChI is InChI=1S/C19H32O2/c1-17-7-14-8-18(2,11-17)13-19(9-14,12-17)10-16(20)15-3-5-21-6-4-15/h14-16,20H,3-13H2,1-2H3. The summed E-state index contributed by atoms with van der Waals surface area (Å²) in [5, 5.41) is 10.8. The summed E-state index contributed by atoms with van der Waals surface area (Å²) in [5.74, 6) is 1.44. The van der Waals surface area contributed by atoms with E-state index in [0.717, 1.165) is 38.4 Å². The molecule has 5 aliphatic rings. The first-order chi connectivity index (χ1) is 9.90. The monoisotopic (exact) mass is 292 g/mol. The van der Waals surface area contributed by atoms with Gasteiger partial charge >= 0.3 is 0 Å². The van der Waals surface area contributed by atoms with Crippen molar-refractivity contribution in [1.82, 2.24) is 0 Å². The van der Waals surface area contributed by atoms with Crippen molar-refractivity contribution < 1.29 is 9.84 Å². The molecule has 4 saturated carbocycles. The third kappa shape index (κ3) is 2.57. The maximum atomic E-state index is 10.8. The van der Waals surface area contributed by atoms with E-state index >= 15 is 0 Å². The van der Waals surface area contributed by atoms with Crippen LogP contribution in [0.1, 0.15) is 71.6 Å². The molecule has 4 bridgehead atoms. The predicted octanol–water partition coefficient (Wildman–Crippen LogP) is 4.16. The van der Waals surface area contributed by atoms with Crippen LogP contribution in [0, 0.1) is 28.1 Å². The van der Waals surface area contributed by atoms with Crippen molar-refractivity contribution in [2.45, 2.75) is 77.7 Å². The normalized spacial score (nSPS) is 51.3. The Morgan fingerprint density at radius 3 is 2.19 bits per heavy atom. The van der Waals surface area contributed by atoms with E-state index in [0.29, 0.717) is 22.2 Å². The molecule has 2 heteroatoms. The Labute approximate surface area is 129 Å². The van der Waals surface area contributed by atoms with Gasteiger partial charge in [0.15, 0.2) is 0 Å². The van der Waals surface area contributed by atoms with Crippen LogP contribution in [0.25, 0.3) is 0 Å². The lowest BCUT2D eigenvalue weighted by molar-refractivity contribution is -0.161. The molecule has 0 amide bonds. The third-order valence-electron chi connectivity index (χ3n) is 7.19. The Morgan fingerprint density at radius 2 is 1.62 bits per heavy atom. The van der Waals surface area contributed by atoms with Crippen LogP contribution < -0.4 is 0 Å².